The zero-order valence-corrected chi connectivity index (χ0v) is 15.1. The quantitative estimate of drug-likeness (QED) is 0.775. The molecule has 27 heavy (non-hydrogen) atoms. The zero-order chi connectivity index (χ0) is 19.4. The Morgan fingerprint density at radius 2 is 2.07 bits per heavy atom. The molecule has 0 aliphatic carbocycles. The molecule has 1 aliphatic rings. The molecule has 146 valence electrons. The number of rotatable bonds is 7. The molecule has 7 nitrogen and oxygen atoms in total. The van der Waals surface area contributed by atoms with Gasteiger partial charge in [0.1, 0.15) is 0 Å². The molecule has 1 aliphatic heterocycles. The molecule has 1 saturated heterocycles. The molecular formula is C18H23F2N5O2. The van der Waals surface area contributed by atoms with Crippen molar-refractivity contribution in [3.05, 3.63) is 34.7 Å². The molecule has 0 bridgehead atoms. The average molecular weight is 379 g/mol. The number of anilines is 1. The second-order valence-electron chi connectivity index (χ2n) is 6.84. The number of amides is 1. The van der Waals surface area contributed by atoms with Gasteiger partial charge in [0, 0.05) is 29.8 Å². The number of alkyl halides is 2. The van der Waals surface area contributed by atoms with Gasteiger partial charge in [-0.15, -0.1) is 0 Å². The Balaban J connectivity index is 1.61. The second kappa shape index (κ2) is 8.43. The number of aromatic nitrogens is 3. The Kier molecular flexibility index (Phi) is 6.00. The Bertz CT molecular complexity index is 842. The molecule has 1 unspecified atom stereocenters. The van der Waals surface area contributed by atoms with Crippen molar-refractivity contribution in [2.45, 2.75) is 32.7 Å². The summed E-state index contributed by atoms with van der Waals surface area (Å²) in [5, 5.41) is 9.44. The van der Waals surface area contributed by atoms with E-state index in [0.29, 0.717) is 21.6 Å². The van der Waals surface area contributed by atoms with Gasteiger partial charge in [0.2, 0.25) is 5.91 Å². The van der Waals surface area contributed by atoms with Crippen LogP contribution in [-0.2, 0) is 4.79 Å². The third-order valence-electron chi connectivity index (χ3n) is 4.81. The third kappa shape index (κ3) is 4.79. The lowest BCUT2D eigenvalue weighted by atomic mass is 10.1. The molecule has 1 fully saturated rings. The molecule has 0 saturated carbocycles. The zero-order valence-electron chi connectivity index (χ0n) is 15.1. The Labute approximate surface area is 155 Å². The van der Waals surface area contributed by atoms with Crippen LogP contribution in [0.1, 0.15) is 32.7 Å². The van der Waals surface area contributed by atoms with Gasteiger partial charge in [-0.3, -0.25) is 19.3 Å². The monoisotopic (exact) mass is 379 g/mol. The highest BCUT2D eigenvalue weighted by Gasteiger charge is 2.18. The van der Waals surface area contributed by atoms with Crippen molar-refractivity contribution in [3.63, 3.8) is 0 Å². The highest BCUT2D eigenvalue weighted by Crippen LogP contribution is 2.21. The van der Waals surface area contributed by atoms with Gasteiger partial charge < -0.3 is 10.2 Å². The van der Waals surface area contributed by atoms with Gasteiger partial charge in [-0.1, -0.05) is 6.92 Å². The summed E-state index contributed by atoms with van der Waals surface area (Å²) in [6, 6.07) is 4.06. The number of H-pyrrole nitrogens is 1. The lowest BCUT2D eigenvalue weighted by molar-refractivity contribution is -0.119. The minimum atomic E-state index is -2.92. The molecule has 2 aromatic heterocycles. The fourth-order valence-corrected chi connectivity index (χ4v) is 3.11. The van der Waals surface area contributed by atoms with Crippen LogP contribution in [-0.4, -0.2) is 45.2 Å². The number of halogens is 2. The molecule has 9 heteroatoms. The van der Waals surface area contributed by atoms with Gasteiger partial charge in [0.15, 0.2) is 5.82 Å². The van der Waals surface area contributed by atoms with Crippen molar-refractivity contribution < 1.29 is 13.6 Å². The van der Waals surface area contributed by atoms with Crippen LogP contribution in [0.2, 0.25) is 0 Å². The number of nitrogens with zero attached hydrogens (tertiary/aromatic N) is 3. The van der Waals surface area contributed by atoms with E-state index in [9.17, 15) is 18.4 Å². The predicted molar refractivity (Wildman–Crippen MR) is 97.6 cm³/mol. The molecule has 1 amide bonds. The average Bonchev–Trinajstić information content (AvgIpc) is 3.31. The normalized spacial score (nSPS) is 16.0. The van der Waals surface area contributed by atoms with Gasteiger partial charge in [0.25, 0.3) is 5.56 Å². The molecule has 0 radical (unpaired) electrons. The highest BCUT2D eigenvalue weighted by molar-refractivity contribution is 5.91. The van der Waals surface area contributed by atoms with E-state index < -0.39 is 12.1 Å². The number of hydrogen-bond donors (Lipinski definition) is 2. The van der Waals surface area contributed by atoms with E-state index >= 15 is 0 Å². The molecule has 2 N–H and O–H groups in total. The maximum Gasteiger partial charge on any atom is 0.321 e. The Morgan fingerprint density at radius 3 is 2.78 bits per heavy atom. The molecule has 0 aromatic carbocycles. The number of carbonyl (C=O) groups is 1. The van der Waals surface area contributed by atoms with Crippen LogP contribution in [0.25, 0.3) is 11.3 Å². The van der Waals surface area contributed by atoms with E-state index in [4.69, 9.17) is 0 Å². The summed E-state index contributed by atoms with van der Waals surface area (Å²) < 4.78 is 26.0. The van der Waals surface area contributed by atoms with Gasteiger partial charge in [0.05, 0.1) is 5.69 Å². The van der Waals surface area contributed by atoms with E-state index in [1.54, 1.807) is 6.07 Å². The highest BCUT2D eigenvalue weighted by atomic mass is 19.3. The van der Waals surface area contributed by atoms with E-state index in [0.717, 1.165) is 38.3 Å². The maximum absolute atomic E-state index is 12.9. The summed E-state index contributed by atoms with van der Waals surface area (Å²) >= 11 is 0. The second-order valence-corrected chi connectivity index (χ2v) is 6.84. The first-order valence-corrected chi connectivity index (χ1v) is 9.03. The van der Waals surface area contributed by atoms with Gasteiger partial charge in [-0.2, -0.15) is 13.9 Å². The molecule has 2 aromatic rings. The maximum atomic E-state index is 12.9. The predicted octanol–water partition coefficient (Wildman–Crippen LogP) is 2.69. The molecule has 3 rings (SSSR count). The summed E-state index contributed by atoms with van der Waals surface area (Å²) in [5.41, 5.74) is 0.0306. The first-order valence-electron chi connectivity index (χ1n) is 9.03. The number of likely N-dealkylation sites (tertiary alicyclic amines) is 1. The third-order valence-corrected chi connectivity index (χ3v) is 4.81. The van der Waals surface area contributed by atoms with Gasteiger partial charge in [-0.25, -0.2) is 0 Å². The minimum Gasteiger partial charge on any atom is -0.309 e. The van der Waals surface area contributed by atoms with Crippen molar-refractivity contribution >= 4 is 11.7 Å². The number of carbonyl (C=O) groups excluding carboxylic acids is 1. The molecule has 0 spiro atoms. The SMILES string of the molecule is CC(CCN1CCCC1)C(=O)Nc1cc(-c2ccc(=O)n(C(F)F)c2)[nH]n1. The van der Waals surface area contributed by atoms with Crippen LogP contribution in [0.4, 0.5) is 14.6 Å². The summed E-state index contributed by atoms with van der Waals surface area (Å²) in [6.07, 6.45) is 4.26. The minimum absolute atomic E-state index is 0.134. The van der Waals surface area contributed by atoms with Crippen LogP contribution in [0.5, 0.6) is 0 Å². The Morgan fingerprint density at radius 1 is 1.33 bits per heavy atom. The number of hydrogen-bond acceptors (Lipinski definition) is 4. The lowest BCUT2D eigenvalue weighted by Gasteiger charge is -2.17. The van der Waals surface area contributed by atoms with Crippen LogP contribution >= 0.6 is 0 Å². The van der Waals surface area contributed by atoms with E-state index in [2.05, 4.69) is 20.4 Å². The van der Waals surface area contributed by atoms with Crippen LogP contribution in [0, 0.1) is 5.92 Å². The Hall–Kier alpha value is -2.55. The van der Waals surface area contributed by atoms with Crippen molar-refractivity contribution in [2.24, 2.45) is 5.92 Å². The lowest BCUT2D eigenvalue weighted by Crippen LogP contribution is -2.27. The van der Waals surface area contributed by atoms with E-state index in [-0.39, 0.29) is 11.8 Å². The summed E-state index contributed by atoms with van der Waals surface area (Å²) in [7, 11) is 0. The van der Waals surface area contributed by atoms with Crippen molar-refractivity contribution in [1.29, 1.82) is 0 Å². The first kappa shape index (κ1) is 19.2. The number of nitrogens with one attached hydrogen (secondary N) is 2. The van der Waals surface area contributed by atoms with Crippen molar-refractivity contribution in [3.8, 4) is 11.3 Å². The molecule has 3 heterocycles. The molecule has 1 atom stereocenters. The fourth-order valence-electron chi connectivity index (χ4n) is 3.11. The summed E-state index contributed by atoms with van der Waals surface area (Å²) in [6.45, 7) is 2.04. The van der Waals surface area contributed by atoms with Crippen LogP contribution < -0.4 is 10.9 Å². The summed E-state index contributed by atoms with van der Waals surface area (Å²) in [5.74, 6) is 0.0223. The van der Waals surface area contributed by atoms with Crippen molar-refractivity contribution in [1.82, 2.24) is 19.7 Å². The van der Waals surface area contributed by atoms with Crippen LogP contribution in [0.15, 0.2) is 29.2 Å². The van der Waals surface area contributed by atoms with Crippen LogP contribution in [0.3, 0.4) is 0 Å². The standard InChI is InChI=1S/C18H23F2N5O2/c1-12(6-9-24-7-2-3-8-24)17(27)21-15-10-14(22-23-15)13-4-5-16(26)25(11-13)18(19)20/h4-5,10-12,18H,2-3,6-9H2,1H3,(H2,21,22,23,27). The fraction of sp³-hybridized carbons (Fsp3) is 0.500. The van der Waals surface area contributed by atoms with Crippen molar-refractivity contribution in [2.75, 3.05) is 25.0 Å². The first-order chi connectivity index (χ1) is 12.9. The smallest absolute Gasteiger partial charge is 0.309 e. The van der Waals surface area contributed by atoms with Gasteiger partial charge >= 0.3 is 6.55 Å². The molecular weight excluding hydrogens is 356 g/mol. The topological polar surface area (TPSA) is 83.0 Å². The van der Waals surface area contributed by atoms with E-state index in [1.807, 2.05) is 6.92 Å². The van der Waals surface area contributed by atoms with E-state index in [1.165, 1.54) is 18.9 Å². The number of pyridine rings is 1. The summed E-state index contributed by atoms with van der Waals surface area (Å²) in [4.78, 5) is 26.1. The number of aromatic amines is 1. The largest absolute Gasteiger partial charge is 0.321 e. The van der Waals surface area contributed by atoms with Gasteiger partial charge in [-0.05, 0) is 45.0 Å².